The summed E-state index contributed by atoms with van der Waals surface area (Å²) in [6.07, 6.45) is 9.86. The van der Waals surface area contributed by atoms with E-state index in [2.05, 4.69) is 31.8 Å². The summed E-state index contributed by atoms with van der Waals surface area (Å²) in [5.41, 5.74) is 3.02. The zero-order chi connectivity index (χ0) is 24.1. The molecule has 4 rings (SSSR count). The van der Waals surface area contributed by atoms with Crippen LogP contribution in [0.1, 0.15) is 29.8 Å². The summed E-state index contributed by atoms with van der Waals surface area (Å²) >= 11 is 0. The Morgan fingerprint density at radius 3 is 2.62 bits per heavy atom. The first kappa shape index (κ1) is 23.7. The van der Waals surface area contributed by atoms with Gasteiger partial charge in [0.2, 0.25) is 5.88 Å². The summed E-state index contributed by atoms with van der Waals surface area (Å²) < 4.78 is 6.37. The molecule has 4 heterocycles. The molecule has 3 aromatic heterocycles. The number of hydrogen-bond acceptors (Lipinski definition) is 8. The average Bonchev–Trinajstić information content (AvgIpc) is 2.86. The van der Waals surface area contributed by atoms with Crippen LogP contribution in [0, 0.1) is 5.92 Å². The molecule has 34 heavy (non-hydrogen) atoms. The lowest BCUT2D eigenvalue weighted by Crippen LogP contribution is -2.49. The maximum atomic E-state index is 13.5. The fourth-order valence-corrected chi connectivity index (χ4v) is 4.10. The first-order valence-corrected chi connectivity index (χ1v) is 11.4. The number of carbonyl (C=O) groups is 1. The third-order valence-electron chi connectivity index (χ3n) is 6.11. The van der Waals surface area contributed by atoms with E-state index in [1.807, 2.05) is 26.1 Å². The summed E-state index contributed by atoms with van der Waals surface area (Å²) in [5.74, 6) is 0.114. The van der Waals surface area contributed by atoms with Crippen LogP contribution in [-0.2, 0) is 6.54 Å². The molecule has 3 atom stereocenters. The van der Waals surface area contributed by atoms with Gasteiger partial charge in [0.05, 0.1) is 12.6 Å². The van der Waals surface area contributed by atoms with Crippen LogP contribution in [0.4, 0.5) is 0 Å². The zero-order valence-corrected chi connectivity index (χ0v) is 19.7. The molecule has 0 fully saturated rings. The predicted molar refractivity (Wildman–Crippen MR) is 127 cm³/mol. The second kappa shape index (κ2) is 10.7. The molecule has 1 N–H and O–H groups in total. The summed E-state index contributed by atoms with van der Waals surface area (Å²) in [5, 5.41) is 9.84. The van der Waals surface area contributed by atoms with Crippen LogP contribution in [0.3, 0.4) is 0 Å². The lowest BCUT2D eigenvalue weighted by molar-refractivity contribution is 0.0325. The third kappa shape index (κ3) is 5.37. The summed E-state index contributed by atoms with van der Waals surface area (Å²) in [6, 6.07) is 5.43. The number of aromatic nitrogens is 4. The highest BCUT2D eigenvalue weighted by molar-refractivity contribution is 5.98. The van der Waals surface area contributed by atoms with Crippen molar-refractivity contribution in [2.24, 2.45) is 5.92 Å². The number of nitrogens with zero attached hydrogens (tertiary/aromatic N) is 6. The molecule has 0 aliphatic carbocycles. The molecule has 0 radical (unpaired) electrons. The summed E-state index contributed by atoms with van der Waals surface area (Å²) in [6.45, 7) is 5.65. The molecule has 0 spiro atoms. The largest absolute Gasteiger partial charge is 0.472 e. The van der Waals surface area contributed by atoms with E-state index in [0.29, 0.717) is 24.5 Å². The second-order valence-electron chi connectivity index (χ2n) is 8.88. The van der Waals surface area contributed by atoms with Crippen molar-refractivity contribution in [3.05, 3.63) is 66.6 Å². The molecule has 9 nitrogen and oxygen atoms in total. The molecule has 0 bridgehead atoms. The Hall–Kier alpha value is -3.43. The summed E-state index contributed by atoms with van der Waals surface area (Å²) in [7, 11) is 2.04. The first-order chi connectivity index (χ1) is 16.5. The number of aliphatic hydroxyl groups excluding tert-OH is 1. The number of rotatable bonds is 7. The summed E-state index contributed by atoms with van der Waals surface area (Å²) in [4.78, 5) is 34.2. The van der Waals surface area contributed by atoms with Crippen LogP contribution < -0.4 is 4.74 Å². The van der Waals surface area contributed by atoms with E-state index >= 15 is 0 Å². The maximum Gasteiger partial charge on any atom is 0.259 e. The number of fused-ring (bicyclic) bond motifs is 1. The van der Waals surface area contributed by atoms with Crippen molar-refractivity contribution in [3.63, 3.8) is 0 Å². The van der Waals surface area contributed by atoms with Gasteiger partial charge < -0.3 is 14.7 Å². The van der Waals surface area contributed by atoms with Crippen molar-refractivity contribution >= 4 is 5.91 Å². The lowest BCUT2D eigenvalue weighted by atomic mass is 9.99. The van der Waals surface area contributed by atoms with Gasteiger partial charge in [-0.2, -0.15) is 0 Å². The minimum absolute atomic E-state index is 0.0231. The number of carbonyl (C=O) groups excluding carboxylic acids is 1. The number of likely N-dealkylation sites (N-methyl/N-ethyl adjacent to an activating group) is 1. The minimum atomic E-state index is -0.334. The Morgan fingerprint density at radius 1 is 1.18 bits per heavy atom. The van der Waals surface area contributed by atoms with Crippen LogP contribution in [0.15, 0.2) is 55.5 Å². The van der Waals surface area contributed by atoms with Crippen LogP contribution in [0.5, 0.6) is 5.88 Å². The molecule has 1 amide bonds. The second-order valence-corrected chi connectivity index (χ2v) is 8.88. The Labute approximate surface area is 199 Å². The standard InChI is InChI=1S/C25H30N6O3/c1-17-12-31(18(2)15-32)25(33)22-8-20(21-9-27-16-28-10-21)11-29-24(22)34-23(17)14-30(3)13-19-4-6-26-7-5-19/h4-11,16-18,23,32H,12-15H2,1-3H3/t17-,18-,23-/m0/s1. The highest BCUT2D eigenvalue weighted by atomic mass is 16.5. The molecule has 9 heteroatoms. The van der Waals surface area contributed by atoms with E-state index in [1.165, 1.54) is 6.33 Å². The fraction of sp³-hybridized carbons (Fsp3) is 0.400. The van der Waals surface area contributed by atoms with Crippen molar-refractivity contribution < 1.29 is 14.6 Å². The van der Waals surface area contributed by atoms with Gasteiger partial charge in [0.15, 0.2) is 0 Å². The molecular formula is C25H30N6O3. The van der Waals surface area contributed by atoms with Gasteiger partial charge in [-0.05, 0) is 37.7 Å². The van der Waals surface area contributed by atoms with E-state index in [1.54, 1.807) is 42.0 Å². The number of amides is 1. The fourth-order valence-electron chi connectivity index (χ4n) is 4.10. The van der Waals surface area contributed by atoms with E-state index in [-0.39, 0.29) is 30.6 Å². The van der Waals surface area contributed by atoms with Crippen molar-refractivity contribution in [3.8, 4) is 17.0 Å². The van der Waals surface area contributed by atoms with Gasteiger partial charge in [-0.1, -0.05) is 6.92 Å². The third-order valence-corrected chi connectivity index (χ3v) is 6.11. The Bertz CT molecular complexity index is 1100. The Balaban J connectivity index is 1.65. The van der Waals surface area contributed by atoms with Crippen molar-refractivity contribution in [2.45, 2.75) is 32.5 Å². The van der Waals surface area contributed by atoms with E-state index < -0.39 is 0 Å². The Morgan fingerprint density at radius 2 is 1.91 bits per heavy atom. The number of hydrogen-bond donors (Lipinski definition) is 1. The highest BCUT2D eigenvalue weighted by Gasteiger charge is 2.34. The van der Waals surface area contributed by atoms with Gasteiger partial charge >= 0.3 is 0 Å². The number of pyridine rings is 2. The van der Waals surface area contributed by atoms with Crippen LogP contribution >= 0.6 is 0 Å². The SMILES string of the molecule is C[C@H]1CN([C@@H](C)CO)C(=O)c2cc(-c3cncnc3)cnc2O[C@H]1CN(C)Cc1ccncc1. The molecule has 3 aromatic rings. The van der Waals surface area contributed by atoms with Gasteiger partial charge in [-0.3, -0.25) is 14.7 Å². The minimum Gasteiger partial charge on any atom is -0.472 e. The van der Waals surface area contributed by atoms with Gasteiger partial charge in [0.25, 0.3) is 5.91 Å². The van der Waals surface area contributed by atoms with E-state index in [4.69, 9.17) is 4.74 Å². The quantitative estimate of drug-likeness (QED) is 0.570. The van der Waals surface area contributed by atoms with Crippen LogP contribution in [0.2, 0.25) is 0 Å². The van der Waals surface area contributed by atoms with Crippen molar-refractivity contribution in [2.75, 3.05) is 26.7 Å². The highest BCUT2D eigenvalue weighted by Crippen LogP contribution is 2.30. The van der Waals surface area contributed by atoms with Gasteiger partial charge in [0.1, 0.15) is 18.0 Å². The Kier molecular flexibility index (Phi) is 7.44. The van der Waals surface area contributed by atoms with Gasteiger partial charge in [0, 0.05) is 67.7 Å². The van der Waals surface area contributed by atoms with Crippen LogP contribution in [0.25, 0.3) is 11.1 Å². The molecule has 0 saturated carbocycles. The zero-order valence-electron chi connectivity index (χ0n) is 19.7. The maximum absolute atomic E-state index is 13.5. The topological polar surface area (TPSA) is 105 Å². The average molecular weight is 463 g/mol. The number of aliphatic hydroxyl groups is 1. The molecule has 0 saturated heterocycles. The molecule has 0 unspecified atom stereocenters. The van der Waals surface area contributed by atoms with Crippen LogP contribution in [-0.4, -0.2) is 79.6 Å². The smallest absolute Gasteiger partial charge is 0.259 e. The molecule has 1 aliphatic heterocycles. The van der Waals surface area contributed by atoms with E-state index in [9.17, 15) is 9.90 Å². The normalized spacial score (nSPS) is 19.2. The molecule has 178 valence electrons. The molecular weight excluding hydrogens is 432 g/mol. The predicted octanol–water partition coefficient (Wildman–Crippen LogP) is 2.29. The van der Waals surface area contributed by atoms with Gasteiger partial charge in [-0.25, -0.2) is 15.0 Å². The molecule has 0 aromatic carbocycles. The van der Waals surface area contributed by atoms with Crippen molar-refractivity contribution in [1.29, 1.82) is 0 Å². The van der Waals surface area contributed by atoms with Crippen molar-refractivity contribution in [1.82, 2.24) is 29.7 Å². The molecule has 1 aliphatic rings. The number of ether oxygens (including phenoxy) is 1. The van der Waals surface area contributed by atoms with Gasteiger partial charge in [-0.15, -0.1) is 0 Å². The lowest BCUT2D eigenvalue weighted by Gasteiger charge is -2.37. The first-order valence-electron chi connectivity index (χ1n) is 11.4. The monoisotopic (exact) mass is 462 g/mol. The van der Waals surface area contributed by atoms with E-state index in [0.717, 1.165) is 23.2 Å².